The van der Waals surface area contributed by atoms with Gasteiger partial charge in [-0.1, -0.05) is 0 Å². The second kappa shape index (κ2) is 3.34. The molecule has 2 nitrogen and oxygen atoms in total. The molecule has 1 heterocycles. The first kappa shape index (κ1) is 8.51. The van der Waals surface area contributed by atoms with Crippen LogP contribution >= 0.6 is 0 Å². The molecule has 1 aliphatic rings. The Morgan fingerprint density at radius 3 is 2.77 bits per heavy atom. The summed E-state index contributed by atoms with van der Waals surface area (Å²) in [5.74, 6) is 0.574. The van der Waals surface area contributed by atoms with Crippen LogP contribution in [0.4, 0.5) is 4.39 Å². The summed E-state index contributed by atoms with van der Waals surface area (Å²) >= 11 is 0. The highest BCUT2D eigenvalue weighted by atomic mass is 19.1. The van der Waals surface area contributed by atoms with Gasteiger partial charge in [0.25, 0.3) is 0 Å². The zero-order chi connectivity index (χ0) is 9.26. The summed E-state index contributed by atoms with van der Waals surface area (Å²) in [7, 11) is 0. The van der Waals surface area contributed by atoms with Gasteiger partial charge in [-0.3, -0.25) is 0 Å². The van der Waals surface area contributed by atoms with Crippen molar-refractivity contribution in [3.63, 3.8) is 0 Å². The average molecular weight is 181 g/mol. The predicted molar refractivity (Wildman–Crippen MR) is 48.4 cm³/mol. The normalized spacial score (nSPS) is 16.8. The summed E-state index contributed by atoms with van der Waals surface area (Å²) in [6.45, 7) is 3.51. The highest BCUT2D eigenvalue weighted by molar-refractivity contribution is 5.29. The lowest BCUT2D eigenvalue weighted by Gasteiger charge is -2.27. The van der Waals surface area contributed by atoms with Crippen molar-refractivity contribution in [2.45, 2.75) is 13.0 Å². The van der Waals surface area contributed by atoms with Crippen molar-refractivity contribution in [3.8, 4) is 5.75 Å². The molecule has 0 aliphatic carbocycles. The van der Waals surface area contributed by atoms with Gasteiger partial charge in [0, 0.05) is 13.1 Å². The maximum Gasteiger partial charge on any atom is 0.126 e. The summed E-state index contributed by atoms with van der Waals surface area (Å²) in [6.07, 6.45) is 0.255. The van der Waals surface area contributed by atoms with Gasteiger partial charge in [-0.25, -0.2) is 4.39 Å². The van der Waals surface area contributed by atoms with Crippen LogP contribution in [0.2, 0.25) is 0 Å². The van der Waals surface area contributed by atoms with E-state index in [-0.39, 0.29) is 11.9 Å². The van der Waals surface area contributed by atoms with Crippen LogP contribution < -0.4 is 10.1 Å². The summed E-state index contributed by atoms with van der Waals surface area (Å²) in [6, 6.07) is 4.84. The van der Waals surface area contributed by atoms with Crippen molar-refractivity contribution < 1.29 is 9.13 Å². The molecule has 70 valence electrons. The van der Waals surface area contributed by atoms with Gasteiger partial charge in [0.2, 0.25) is 0 Å². The minimum absolute atomic E-state index is 0.181. The van der Waals surface area contributed by atoms with Crippen LogP contribution in [0.1, 0.15) is 5.56 Å². The van der Waals surface area contributed by atoms with Crippen molar-refractivity contribution in [1.82, 2.24) is 5.32 Å². The molecule has 3 heteroatoms. The van der Waals surface area contributed by atoms with E-state index in [0.29, 0.717) is 5.56 Å². The Kier molecular flexibility index (Phi) is 2.19. The molecule has 0 bridgehead atoms. The SMILES string of the molecule is Cc1cc(OC2CNC2)ccc1F. The fourth-order valence-electron chi connectivity index (χ4n) is 1.23. The van der Waals surface area contributed by atoms with Gasteiger partial charge in [-0.15, -0.1) is 0 Å². The van der Waals surface area contributed by atoms with Crippen molar-refractivity contribution >= 4 is 0 Å². The molecule has 0 atom stereocenters. The van der Waals surface area contributed by atoms with E-state index in [0.717, 1.165) is 18.8 Å². The van der Waals surface area contributed by atoms with Crippen LogP contribution in [0, 0.1) is 12.7 Å². The number of ether oxygens (including phenoxy) is 1. The van der Waals surface area contributed by atoms with Crippen molar-refractivity contribution in [3.05, 3.63) is 29.6 Å². The molecule has 1 aromatic rings. The number of halogens is 1. The van der Waals surface area contributed by atoms with Crippen LogP contribution in [-0.2, 0) is 0 Å². The van der Waals surface area contributed by atoms with Gasteiger partial charge < -0.3 is 10.1 Å². The highest BCUT2D eigenvalue weighted by Gasteiger charge is 2.18. The monoisotopic (exact) mass is 181 g/mol. The van der Waals surface area contributed by atoms with Gasteiger partial charge in [0.1, 0.15) is 17.7 Å². The molecule has 1 saturated heterocycles. The van der Waals surface area contributed by atoms with Gasteiger partial charge in [0.15, 0.2) is 0 Å². The molecule has 1 fully saturated rings. The first-order valence-corrected chi connectivity index (χ1v) is 4.39. The van der Waals surface area contributed by atoms with Gasteiger partial charge >= 0.3 is 0 Å². The lowest BCUT2D eigenvalue weighted by atomic mass is 10.2. The Labute approximate surface area is 76.7 Å². The molecular formula is C10H12FNO. The highest BCUT2D eigenvalue weighted by Crippen LogP contribution is 2.17. The fourth-order valence-corrected chi connectivity index (χ4v) is 1.23. The standard InChI is InChI=1S/C10H12FNO/c1-7-4-8(2-3-10(7)11)13-9-5-12-6-9/h2-4,9,12H,5-6H2,1H3. The van der Waals surface area contributed by atoms with Gasteiger partial charge in [-0.05, 0) is 30.7 Å². The first-order valence-electron chi connectivity index (χ1n) is 4.39. The maximum absolute atomic E-state index is 12.9. The number of benzene rings is 1. The second-order valence-electron chi connectivity index (χ2n) is 3.31. The fraction of sp³-hybridized carbons (Fsp3) is 0.400. The van der Waals surface area contributed by atoms with E-state index in [1.165, 1.54) is 6.07 Å². The summed E-state index contributed by atoms with van der Waals surface area (Å²) < 4.78 is 18.4. The summed E-state index contributed by atoms with van der Waals surface area (Å²) in [5.41, 5.74) is 0.629. The number of nitrogens with one attached hydrogen (secondary N) is 1. The topological polar surface area (TPSA) is 21.3 Å². The molecule has 1 N–H and O–H groups in total. The molecule has 0 unspecified atom stereocenters. The Hall–Kier alpha value is -1.09. The minimum Gasteiger partial charge on any atom is -0.488 e. The van der Waals surface area contributed by atoms with Crippen molar-refractivity contribution in [2.75, 3.05) is 13.1 Å². The molecule has 1 aromatic carbocycles. The molecule has 1 aliphatic heterocycles. The van der Waals surface area contributed by atoms with Crippen molar-refractivity contribution in [1.29, 1.82) is 0 Å². The Balaban J connectivity index is 2.07. The quantitative estimate of drug-likeness (QED) is 0.746. The van der Waals surface area contributed by atoms with Gasteiger partial charge in [0.05, 0.1) is 0 Å². The van der Waals surface area contributed by atoms with Crippen LogP contribution in [0.15, 0.2) is 18.2 Å². The number of aryl methyl sites for hydroxylation is 1. The number of rotatable bonds is 2. The van der Waals surface area contributed by atoms with E-state index >= 15 is 0 Å². The third-order valence-corrected chi connectivity index (χ3v) is 2.18. The summed E-state index contributed by atoms with van der Waals surface area (Å²) in [5, 5.41) is 3.11. The van der Waals surface area contributed by atoms with Gasteiger partial charge in [-0.2, -0.15) is 0 Å². The third-order valence-electron chi connectivity index (χ3n) is 2.18. The predicted octanol–water partition coefficient (Wildman–Crippen LogP) is 1.48. The Bertz CT molecular complexity index is 310. The second-order valence-corrected chi connectivity index (χ2v) is 3.31. The Morgan fingerprint density at radius 2 is 2.23 bits per heavy atom. The van der Waals surface area contributed by atoms with Crippen molar-refractivity contribution in [2.24, 2.45) is 0 Å². The minimum atomic E-state index is -0.181. The van der Waals surface area contributed by atoms with E-state index in [1.54, 1.807) is 19.1 Å². The molecule has 0 amide bonds. The molecule has 0 spiro atoms. The summed E-state index contributed by atoms with van der Waals surface area (Å²) in [4.78, 5) is 0. The molecule has 0 radical (unpaired) electrons. The lowest BCUT2D eigenvalue weighted by molar-refractivity contribution is 0.142. The largest absolute Gasteiger partial charge is 0.488 e. The maximum atomic E-state index is 12.9. The average Bonchev–Trinajstić information content (AvgIpc) is 2.04. The molecule has 2 rings (SSSR count). The molecule has 13 heavy (non-hydrogen) atoms. The molecule has 0 saturated carbocycles. The third kappa shape index (κ3) is 1.80. The Morgan fingerprint density at radius 1 is 1.46 bits per heavy atom. The zero-order valence-electron chi connectivity index (χ0n) is 7.51. The van der Waals surface area contributed by atoms with E-state index < -0.39 is 0 Å². The molecule has 0 aromatic heterocycles. The van der Waals surface area contributed by atoms with Crippen LogP contribution in [0.3, 0.4) is 0 Å². The van der Waals surface area contributed by atoms with Crippen LogP contribution in [0.5, 0.6) is 5.75 Å². The smallest absolute Gasteiger partial charge is 0.126 e. The van der Waals surface area contributed by atoms with Crippen LogP contribution in [0.25, 0.3) is 0 Å². The zero-order valence-corrected chi connectivity index (χ0v) is 7.51. The molecular weight excluding hydrogens is 169 g/mol. The first-order chi connectivity index (χ1) is 6.25. The van der Waals surface area contributed by atoms with Crippen LogP contribution in [-0.4, -0.2) is 19.2 Å². The van der Waals surface area contributed by atoms with E-state index in [4.69, 9.17) is 4.74 Å². The lowest BCUT2D eigenvalue weighted by Crippen LogP contribution is -2.50. The van der Waals surface area contributed by atoms with E-state index in [1.807, 2.05) is 0 Å². The van der Waals surface area contributed by atoms with E-state index in [2.05, 4.69) is 5.32 Å². The number of hydrogen-bond donors (Lipinski definition) is 1. The number of hydrogen-bond acceptors (Lipinski definition) is 2. The van der Waals surface area contributed by atoms with E-state index in [9.17, 15) is 4.39 Å².